The standard InChI is InChI=1S/C22H32N2O4/c1-22(2,28-4)21(26)23-14-13-19-18(23)7-5-6-8-20(25)24(19)15-16-9-11-17(27-3)12-10-16/h9-12,18-19H,5-8,13-15H2,1-4H3/t18-,19+/m1/s1. The van der Waals surface area contributed by atoms with Crippen LogP contribution in [0.4, 0.5) is 0 Å². The number of carbonyl (C=O) groups is 2. The number of fused-ring (bicyclic) bond motifs is 1. The maximum atomic E-state index is 13.1. The zero-order valence-electron chi connectivity index (χ0n) is 17.4. The smallest absolute Gasteiger partial charge is 0.254 e. The second-order valence-electron chi connectivity index (χ2n) is 8.25. The lowest BCUT2D eigenvalue weighted by atomic mass is 9.95. The van der Waals surface area contributed by atoms with E-state index in [9.17, 15) is 9.59 Å². The highest BCUT2D eigenvalue weighted by molar-refractivity contribution is 5.85. The molecule has 0 aliphatic carbocycles. The van der Waals surface area contributed by atoms with Gasteiger partial charge in [0.2, 0.25) is 5.91 Å². The summed E-state index contributed by atoms with van der Waals surface area (Å²) in [5.74, 6) is 1.01. The van der Waals surface area contributed by atoms with E-state index in [-0.39, 0.29) is 23.9 Å². The maximum Gasteiger partial charge on any atom is 0.254 e. The van der Waals surface area contributed by atoms with Gasteiger partial charge in [-0.05, 0) is 50.8 Å². The monoisotopic (exact) mass is 388 g/mol. The lowest BCUT2D eigenvalue weighted by Gasteiger charge is -2.39. The van der Waals surface area contributed by atoms with Gasteiger partial charge in [0, 0.05) is 26.6 Å². The molecule has 1 aromatic rings. The minimum Gasteiger partial charge on any atom is -0.497 e. The molecule has 2 heterocycles. The molecule has 3 rings (SSSR count). The molecule has 2 fully saturated rings. The summed E-state index contributed by atoms with van der Waals surface area (Å²) in [6, 6.07) is 7.98. The van der Waals surface area contributed by atoms with Gasteiger partial charge in [0.05, 0.1) is 19.2 Å². The fourth-order valence-corrected chi connectivity index (χ4v) is 4.33. The molecule has 0 saturated carbocycles. The van der Waals surface area contributed by atoms with Crippen LogP contribution in [0.3, 0.4) is 0 Å². The second kappa shape index (κ2) is 8.52. The van der Waals surface area contributed by atoms with Crippen molar-refractivity contribution in [3.63, 3.8) is 0 Å². The highest BCUT2D eigenvalue weighted by Gasteiger charge is 2.45. The van der Waals surface area contributed by atoms with Crippen molar-refractivity contribution in [2.24, 2.45) is 0 Å². The molecule has 0 radical (unpaired) electrons. The van der Waals surface area contributed by atoms with E-state index in [1.165, 1.54) is 0 Å². The van der Waals surface area contributed by atoms with Gasteiger partial charge in [0.25, 0.3) is 5.91 Å². The molecule has 2 atom stereocenters. The van der Waals surface area contributed by atoms with E-state index in [0.717, 1.165) is 37.0 Å². The third kappa shape index (κ3) is 4.17. The third-order valence-corrected chi connectivity index (χ3v) is 6.17. The molecule has 2 aliphatic rings. The van der Waals surface area contributed by atoms with E-state index >= 15 is 0 Å². The van der Waals surface area contributed by atoms with Crippen LogP contribution < -0.4 is 4.74 Å². The molecule has 0 bridgehead atoms. The van der Waals surface area contributed by atoms with Gasteiger partial charge in [-0.2, -0.15) is 0 Å². The zero-order valence-corrected chi connectivity index (χ0v) is 17.4. The van der Waals surface area contributed by atoms with Gasteiger partial charge in [-0.3, -0.25) is 9.59 Å². The topological polar surface area (TPSA) is 59.1 Å². The third-order valence-electron chi connectivity index (χ3n) is 6.17. The van der Waals surface area contributed by atoms with Gasteiger partial charge in [-0.15, -0.1) is 0 Å². The molecule has 1 aromatic carbocycles. The van der Waals surface area contributed by atoms with Crippen molar-refractivity contribution < 1.29 is 19.1 Å². The Labute approximate surface area is 167 Å². The van der Waals surface area contributed by atoms with Gasteiger partial charge in [0.15, 0.2) is 0 Å². The van der Waals surface area contributed by atoms with Crippen LogP contribution in [0.25, 0.3) is 0 Å². The summed E-state index contributed by atoms with van der Waals surface area (Å²) in [5.41, 5.74) is 0.234. The van der Waals surface area contributed by atoms with Crippen molar-refractivity contribution in [3.05, 3.63) is 29.8 Å². The van der Waals surface area contributed by atoms with E-state index < -0.39 is 5.60 Å². The molecule has 6 nitrogen and oxygen atoms in total. The summed E-state index contributed by atoms with van der Waals surface area (Å²) in [6.45, 7) is 4.87. The van der Waals surface area contributed by atoms with Crippen LogP contribution in [0, 0.1) is 0 Å². The van der Waals surface area contributed by atoms with Crippen LogP contribution in [0.5, 0.6) is 5.75 Å². The Morgan fingerprint density at radius 2 is 1.82 bits per heavy atom. The van der Waals surface area contributed by atoms with Gasteiger partial charge >= 0.3 is 0 Å². The first-order valence-electron chi connectivity index (χ1n) is 10.2. The minimum absolute atomic E-state index is 0.0138. The van der Waals surface area contributed by atoms with E-state index in [2.05, 4.69) is 0 Å². The molecule has 0 aromatic heterocycles. The summed E-state index contributed by atoms with van der Waals surface area (Å²) < 4.78 is 10.7. The SMILES string of the molecule is COc1ccc(CN2C(=O)CCCC[C@@H]3[C@@H]2CCN3C(=O)C(C)(C)OC)cc1. The summed E-state index contributed by atoms with van der Waals surface area (Å²) >= 11 is 0. The van der Waals surface area contributed by atoms with Gasteiger partial charge in [0.1, 0.15) is 11.4 Å². The highest BCUT2D eigenvalue weighted by atomic mass is 16.5. The summed E-state index contributed by atoms with van der Waals surface area (Å²) in [7, 11) is 3.22. The fraction of sp³-hybridized carbons (Fsp3) is 0.636. The summed E-state index contributed by atoms with van der Waals surface area (Å²) in [5, 5.41) is 0. The van der Waals surface area contributed by atoms with Crippen molar-refractivity contribution in [1.29, 1.82) is 0 Å². The largest absolute Gasteiger partial charge is 0.497 e. The maximum absolute atomic E-state index is 13.1. The van der Waals surface area contributed by atoms with Crippen LogP contribution in [-0.4, -0.2) is 60.1 Å². The Hall–Kier alpha value is -2.08. The van der Waals surface area contributed by atoms with Crippen molar-refractivity contribution in [2.75, 3.05) is 20.8 Å². The number of likely N-dealkylation sites (tertiary alicyclic amines) is 2. The molecule has 2 saturated heterocycles. The Balaban J connectivity index is 1.82. The van der Waals surface area contributed by atoms with Crippen molar-refractivity contribution in [2.45, 2.75) is 70.2 Å². The Kier molecular flexibility index (Phi) is 6.28. The number of methoxy groups -OCH3 is 2. The first-order chi connectivity index (χ1) is 13.4. The lowest BCUT2D eigenvalue weighted by molar-refractivity contribution is -0.153. The molecule has 6 heteroatoms. The van der Waals surface area contributed by atoms with Crippen LogP contribution in [0.15, 0.2) is 24.3 Å². The zero-order chi connectivity index (χ0) is 20.3. The molecular formula is C22H32N2O4. The van der Waals surface area contributed by atoms with Crippen LogP contribution in [0.2, 0.25) is 0 Å². The first-order valence-corrected chi connectivity index (χ1v) is 10.2. The van der Waals surface area contributed by atoms with Gasteiger partial charge < -0.3 is 19.3 Å². The molecule has 0 unspecified atom stereocenters. The number of nitrogens with zero attached hydrogens (tertiary/aromatic N) is 2. The summed E-state index contributed by atoms with van der Waals surface area (Å²) in [6.07, 6.45) is 4.18. The molecule has 0 N–H and O–H groups in total. The average molecular weight is 389 g/mol. The normalized spacial score (nSPS) is 23.2. The summed E-state index contributed by atoms with van der Waals surface area (Å²) in [4.78, 5) is 29.9. The van der Waals surface area contributed by atoms with Crippen LogP contribution >= 0.6 is 0 Å². The molecule has 28 heavy (non-hydrogen) atoms. The number of rotatable bonds is 5. The Bertz CT molecular complexity index is 701. The Morgan fingerprint density at radius 3 is 2.46 bits per heavy atom. The highest BCUT2D eigenvalue weighted by Crippen LogP contribution is 2.33. The van der Waals surface area contributed by atoms with E-state index in [1.807, 2.05) is 47.9 Å². The molecule has 154 valence electrons. The van der Waals surface area contributed by atoms with E-state index in [1.54, 1.807) is 14.2 Å². The molecule has 2 aliphatic heterocycles. The predicted octanol–water partition coefficient (Wildman–Crippen LogP) is 2.99. The van der Waals surface area contributed by atoms with Crippen molar-refractivity contribution in [1.82, 2.24) is 9.80 Å². The van der Waals surface area contributed by atoms with Crippen molar-refractivity contribution in [3.8, 4) is 5.75 Å². The van der Waals surface area contributed by atoms with E-state index in [0.29, 0.717) is 19.5 Å². The second-order valence-corrected chi connectivity index (χ2v) is 8.25. The molecule has 2 amide bonds. The molecular weight excluding hydrogens is 356 g/mol. The average Bonchev–Trinajstić information content (AvgIpc) is 3.10. The number of ether oxygens (including phenoxy) is 2. The Morgan fingerprint density at radius 1 is 1.11 bits per heavy atom. The number of carbonyl (C=O) groups excluding carboxylic acids is 2. The number of hydrogen-bond donors (Lipinski definition) is 0. The van der Waals surface area contributed by atoms with Crippen molar-refractivity contribution >= 4 is 11.8 Å². The number of benzene rings is 1. The minimum atomic E-state index is -0.845. The quantitative estimate of drug-likeness (QED) is 0.778. The van der Waals surface area contributed by atoms with Gasteiger partial charge in [-0.1, -0.05) is 18.6 Å². The van der Waals surface area contributed by atoms with Gasteiger partial charge in [-0.25, -0.2) is 0 Å². The predicted molar refractivity (Wildman–Crippen MR) is 107 cm³/mol. The first kappa shape index (κ1) is 20.6. The fourth-order valence-electron chi connectivity index (χ4n) is 4.33. The lowest BCUT2D eigenvalue weighted by Crippen LogP contribution is -2.53. The van der Waals surface area contributed by atoms with Crippen LogP contribution in [0.1, 0.15) is 51.5 Å². The number of hydrogen-bond acceptors (Lipinski definition) is 4. The van der Waals surface area contributed by atoms with E-state index in [4.69, 9.17) is 9.47 Å². The molecule has 0 spiro atoms. The van der Waals surface area contributed by atoms with Crippen LogP contribution in [-0.2, 0) is 20.9 Å². The number of amides is 2.